The normalized spacial score (nSPS) is 12.9. The molecular formula is C17H29NO. The average molecular weight is 263 g/mol. The number of ether oxygens (including phenoxy) is 1. The molecule has 0 aliphatic heterocycles. The predicted molar refractivity (Wildman–Crippen MR) is 82.7 cm³/mol. The van der Waals surface area contributed by atoms with Crippen molar-refractivity contribution in [3.05, 3.63) is 35.4 Å². The lowest BCUT2D eigenvalue weighted by Crippen LogP contribution is -2.26. The van der Waals surface area contributed by atoms with Crippen molar-refractivity contribution in [1.82, 2.24) is 5.32 Å². The Balaban J connectivity index is 2.54. The molecular weight excluding hydrogens is 234 g/mol. The van der Waals surface area contributed by atoms with Crippen LogP contribution in [0.25, 0.3) is 0 Å². The van der Waals surface area contributed by atoms with Gasteiger partial charge in [-0.05, 0) is 44.2 Å². The first-order chi connectivity index (χ1) is 9.13. The molecule has 0 aliphatic rings. The Kier molecular flexibility index (Phi) is 7.76. The fraction of sp³-hybridized carbons (Fsp3) is 0.647. The van der Waals surface area contributed by atoms with Crippen molar-refractivity contribution < 1.29 is 4.74 Å². The summed E-state index contributed by atoms with van der Waals surface area (Å²) in [7, 11) is 0. The minimum Gasteiger partial charge on any atom is -0.382 e. The van der Waals surface area contributed by atoms with Crippen molar-refractivity contribution in [2.45, 2.75) is 40.0 Å². The molecule has 0 fully saturated rings. The summed E-state index contributed by atoms with van der Waals surface area (Å²) in [5, 5.41) is 3.57. The Morgan fingerprint density at radius 1 is 1.11 bits per heavy atom. The summed E-state index contributed by atoms with van der Waals surface area (Å²) < 4.78 is 5.51. The highest BCUT2D eigenvalue weighted by Gasteiger charge is 2.11. The van der Waals surface area contributed by atoms with Crippen LogP contribution in [0.5, 0.6) is 0 Å². The lowest BCUT2D eigenvalue weighted by atomic mass is 9.95. The van der Waals surface area contributed by atoms with Gasteiger partial charge in [-0.15, -0.1) is 0 Å². The fourth-order valence-corrected chi connectivity index (χ4v) is 2.14. The topological polar surface area (TPSA) is 21.3 Å². The van der Waals surface area contributed by atoms with E-state index in [1.54, 1.807) is 0 Å². The second kappa shape index (κ2) is 9.11. The van der Waals surface area contributed by atoms with Crippen LogP contribution in [0.4, 0.5) is 0 Å². The summed E-state index contributed by atoms with van der Waals surface area (Å²) in [6.45, 7) is 12.4. The number of benzene rings is 1. The molecule has 0 saturated heterocycles. The number of nitrogens with one attached hydrogen (secondary N) is 1. The first-order valence-corrected chi connectivity index (χ1v) is 7.48. The van der Waals surface area contributed by atoms with E-state index in [-0.39, 0.29) is 0 Å². The molecule has 1 aromatic carbocycles. The fourth-order valence-electron chi connectivity index (χ4n) is 2.14. The largest absolute Gasteiger partial charge is 0.382 e. The van der Waals surface area contributed by atoms with Gasteiger partial charge in [-0.25, -0.2) is 0 Å². The van der Waals surface area contributed by atoms with Gasteiger partial charge >= 0.3 is 0 Å². The monoisotopic (exact) mass is 263 g/mol. The number of hydrogen-bond acceptors (Lipinski definition) is 2. The van der Waals surface area contributed by atoms with Crippen molar-refractivity contribution in [3.63, 3.8) is 0 Å². The van der Waals surface area contributed by atoms with Gasteiger partial charge in [0.2, 0.25) is 0 Å². The molecule has 0 amide bonds. The summed E-state index contributed by atoms with van der Waals surface area (Å²) in [5.74, 6) is 1.25. The summed E-state index contributed by atoms with van der Waals surface area (Å²) in [4.78, 5) is 0. The van der Waals surface area contributed by atoms with Gasteiger partial charge in [0, 0.05) is 19.8 Å². The molecule has 0 saturated carbocycles. The maximum absolute atomic E-state index is 5.51. The Hall–Kier alpha value is -0.860. The van der Waals surface area contributed by atoms with Crippen LogP contribution in [0.3, 0.4) is 0 Å². The Morgan fingerprint density at radius 2 is 1.79 bits per heavy atom. The van der Waals surface area contributed by atoms with Crippen LogP contribution in [-0.4, -0.2) is 26.3 Å². The molecule has 108 valence electrons. The van der Waals surface area contributed by atoms with E-state index in [0.717, 1.165) is 32.7 Å². The van der Waals surface area contributed by atoms with E-state index >= 15 is 0 Å². The maximum Gasteiger partial charge on any atom is 0.0472 e. The van der Waals surface area contributed by atoms with E-state index in [2.05, 4.69) is 57.3 Å². The minimum absolute atomic E-state index is 0.547. The van der Waals surface area contributed by atoms with Crippen LogP contribution < -0.4 is 5.32 Å². The zero-order valence-electron chi connectivity index (χ0n) is 12.9. The van der Waals surface area contributed by atoms with Crippen LogP contribution in [0.2, 0.25) is 0 Å². The quantitative estimate of drug-likeness (QED) is 0.685. The maximum atomic E-state index is 5.51. The Morgan fingerprint density at radius 3 is 2.37 bits per heavy atom. The third-order valence-electron chi connectivity index (χ3n) is 3.31. The van der Waals surface area contributed by atoms with E-state index in [1.807, 2.05) is 0 Å². The van der Waals surface area contributed by atoms with Crippen molar-refractivity contribution in [3.8, 4) is 0 Å². The third-order valence-corrected chi connectivity index (χ3v) is 3.31. The van der Waals surface area contributed by atoms with Crippen LogP contribution >= 0.6 is 0 Å². The number of aryl methyl sites for hydroxylation is 1. The van der Waals surface area contributed by atoms with E-state index in [0.29, 0.717) is 11.8 Å². The molecule has 2 nitrogen and oxygen atoms in total. The van der Waals surface area contributed by atoms with Gasteiger partial charge in [0.05, 0.1) is 0 Å². The second-order valence-electron chi connectivity index (χ2n) is 5.65. The van der Waals surface area contributed by atoms with E-state index in [9.17, 15) is 0 Å². The first-order valence-electron chi connectivity index (χ1n) is 7.48. The third kappa shape index (κ3) is 6.74. The molecule has 1 aromatic rings. The van der Waals surface area contributed by atoms with E-state index in [1.165, 1.54) is 11.1 Å². The highest BCUT2D eigenvalue weighted by Crippen LogP contribution is 2.19. The van der Waals surface area contributed by atoms with Crippen molar-refractivity contribution in [1.29, 1.82) is 0 Å². The van der Waals surface area contributed by atoms with Crippen molar-refractivity contribution in [2.75, 3.05) is 26.3 Å². The molecule has 0 spiro atoms. The highest BCUT2D eigenvalue weighted by atomic mass is 16.5. The standard InChI is InChI=1S/C17H29NO/c1-5-19-11-10-17(13-18-12-14(2)3)16-8-6-15(4)7-9-16/h6-9,14,17-18H,5,10-13H2,1-4H3. The molecule has 0 aliphatic carbocycles. The molecule has 0 aromatic heterocycles. The van der Waals surface area contributed by atoms with Crippen LogP contribution in [0.15, 0.2) is 24.3 Å². The van der Waals surface area contributed by atoms with Gasteiger partial charge in [0.25, 0.3) is 0 Å². The average Bonchev–Trinajstić information content (AvgIpc) is 2.38. The molecule has 0 bridgehead atoms. The molecule has 0 heterocycles. The van der Waals surface area contributed by atoms with E-state index < -0.39 is 0 Å². The van der Waals surface area contributed by atoms with Crippen LogP contribution in [0.1, 0.15) is 44.2 Å². The van der Waals surface area contributed by atoms with Crippen molar-refractivity contribution in [2.24, 2.45) is 5.92 Å². The molecule has 0 radical (unpaired) electrons. The number of hydrogen-bond donors (Lipinski definition) is 1. The van der Waals surface area contributed by atoms with Crippen LogP contribution in [0, 0.1) is 12.8 Å². The van der Waals surface area contributed by atoms with E-state index in [4.69, 9.17) is 4.74 Å². The Bertz CT molecular complexity index is 332. The molecule has 1 N–H and O–H groups in total. The smallest absolute Gasteiger partial charge is 0.0472 e. The van der Waals surface area contributed by atoms with Crippen LogP contribution in [-0.2, 0) is 4.74 Å². The zero-order chi connectivity index (χ0) is 14.1. The van der Waals surface area contributed by atoms with Gasteiger partial charge in [-0.3, -0.25) is 0 Å². The van der Waals surface area contributed by atoms with Gasteiger partial charge in [-0.1, -0.05) is 43.7 Å². The zero-order valence-corrected chi connectivity index (χ0v) is 12.9. The summed E-state index contributed by atoms with van der Waals surface area (Å²) >= 11 is 0. The van der Waals surface area contributed by atoms with Crippen molar-refractivity contribution >= 4 is 0 Å². The SMILES string of the molecule is CCOCCC(CNCC(C)C)c1ccc(C)cc1. The van der Waals surface area contributed by atoms with Gasteiger partial charge in [0.1, 0.15) is 0 Å². The summed E-state index contributed by atoms with van der Waals surface area (Å²) in [5.41, 5.74) is 2.74. The highest BCUT2D eigenvalue weighted by molar-refractivity contribution is 5.24. The van der Waals surface area contributed by atoms with Gasteiger partial charge in [-0.2, -0.15) is 0 Å². The number of rotatable bonds is 9. The lowest BCUT2D eigenvalue weighted by Gasteiger charge is -2.19. The predicted octanol–water partition coefficient (Wildman–Crippen LogP) is 3.75. The molecule has 1 rings (SSSR count). The first kappa shape index (κ1) is 16.2. The van der Waals surface area contributed by atoms with Gasteiger partial charge < -0.3 is 10.1 Å². The minimum atomic E-state index is 0.547. The Labute approximate surface area is 118 Å². The van der Waals surface area contributed by atoms with Gasteiger partial charge in [0.15, 0.2) is 0 Å². The lowest BCUT2D eigenvalue weighted by molar-refractivity contribution is 0.139. The molecule has 19 heavy (non-hydrogen) atoms. The summed E-state index contributed by atoms with van der Waals surface area (Å²) in [6.07, 6.45) is 1.09. The summed E-state index contributed by atoms with van der Waals surface area (Å²) in [6, 6.07) is 8.91. The molecule has 1 atom stereocenters. The molecule has 1 unspecified atom stereocenters. The molecule has 2 heteroatoms. The second-order valence-corrected chi connectivity index (χ2v) is 5.65.